The van der Waals surface area contributed by atoms with E-state index in [1.54, 1.807) is 0 Å². The third kappa shape index (κ3) is 3.88. The summed E-state index contributed by atoms with van der Waals surface area (Å²) < 4.78 is 6.09. The molecule has 0 fully saturated rings. The van der Waals surface area contributed by atoms with Crippen LogP contribution in [0.5, 0.6) is 5.75 Å². The minimum Gasteiger partial charge on any atom is -0.455 e. The molecule has 0 saturated heterocycles. The first-order valence-electron chi connectivity index (χ1n) is 7.79. The molecule has 2 aromatic rings. The molecule has 0 radical (unpaired) electrons. The first kappa shape index (κ1) is 17.0. The molecule has 120 valence electrons. The number of aliphatic hydroxyl groups is 1. The first-order chi connectivity index (χ1) is 11.1. The number of para-hydroxylation sites is 1. The van der Waals surface area contributed by atoms with Crippen LogP contribution >= 0.6 is 0 Å². The smallest absolute Gasteiger partial charge is 0.151 e. The van der Waals surface area contributed by atoms with E-state index in [4.69, 9.17) is 10.1 Å². The van der Waals surface area contributed by atoms with Gasteiger partial charge in [-0.25, -0.2) is 0 Å². The van der Waals surface area contributed by atoms with E-state index in [0.717, 1.165) is 28.9 Å². The number of ether oxygens (including phenoxy) is 1. The van der Waals surface area contributed by atoms with Crippen molar-refractivity contribution in [1.82, 2.24) is 0 Å². The zero-order chi connectivity index (χ0) is 16.8. The van der Waals surface area contributed by atoms with E-state index >= 15 is 0 Å². The number of aryl methyl sites for hydroxylation is 1. The van der Waals surface area contributed by atoms with Crippen molar-refractivity contribution in [2.24, 2.45) is 0 Å². The van der Waals surface area contributed by atoms with Gasteiger partial charge in [0.25, 0.3) is 0 Å². The Balaban J connectivity index is 2.44. The average molecular weight is 309 g/mol. The maximum Gasteiger partial charge on any atom is 0.151 e. The highest BCUT2D eigenvalue weighted by atomic mass is 16.5. The first-order valence-corrected chi connectivity index (χ1v) is 7.79. The molecule has 0 aromatic heterocycles. The zero-order valence-electron chi connectivity index (χ0n) is 13.9. The highest BCUT2D eigenvalue weighted by Gasteiger charge is 2.17. The summed E-state index contributed by atoms with van der Waals surface area (Å²) in [7, 11) is 0. The molecule has 3 nitrogen and oxygen atoms in total. The summed E-state index contributed by atoms with van der Waals surface area (Å²) >= 11 is 0. The molecule has 2 aromatic carbocycles. The number of hydrogen-bond acceptors (Lipinski definition) is 3. The van der Waals surface area contributed by atoms with Gasteiger partial charge in [-0.15, -0.1) is 0 Å². The molecule has 23 heavy (non-hydrogen) atoms. The summed E-state index contributed by atoms with van der Waals surface area (Å²) in [6, 6.07) is 15.2. The Morgan fingerprint density at radius 1 is 1.09 bits per heavy atom. The molecule has 0 saturated carbocycles. The minimum atomic E-state index is -0.0959. The molecule has 0 unspecified atom stereocenters. The number of allylic oxidation sites excluding steroid dienone is 2. The zero-order valence-corrected chi connectivity index (χ0v) is 13.9. The minimum absolute atomic E-state index is 0.0959. The maximum atomic E-state index is 9.53. The molecule has 0 spiro atoms. The lowest BCUT2D eigenvalue weighted by Crippen LogP contribution is -2.14. The Labute approximate surface area is 137 Å². The lowest BCUT2D eigenvalue weighted by Gasteiger charge is -2.17. The molecule has 0 aliphatic carbocycles. The monoisotopic (exact) mass is 309 g/mol. The van der Waals surface area contributed by atoms with E-state index in [2.05, 4.69) is 0 Å². The molecular weight excluding hydrogens is 286 g/mol. The second kappa shape index (κ2) is 7.75. The van der Waals surface area contributed by atoms with Gasteiger partial charge >= 0.3 is 0 Å². The Bertz CT molecular complexity index is 732. The molecule has 0 atom stereocenters. The normalized spacial score (nSPS) is 11.8. The Morgan fingerprint density at radius 3 is 2.39 bits per heavy atom. The van der Waals surface area contributed by atoms with Crippen molar-refractivity contribution in [2.45, 2.75) is 33.8 Å². The summed E-state index contributed by atoms with van der Waals surface area (Å²) in [4.78, 5) is 0. The second-order valence-corrected chi connectivity index (χ2v) is 5.52. The number of nitrogens with one attached hydrogen (secondary N) is 1. The van der Waals surface area contributed by atoms with Crippen molar-refractivity contribution >= 4 is 5.71 Å². The third-order valence-corrected chi connectivity index (χ3v) is 3.91. The van der Waals surface area contributed by atoms with Gasteiger partial charge in [0.2, 0.25) is 0 Å². The molecule has 2 rings (SSSR count). The number of benzene rings is 2. The topological polar surface area (TPSA) is 53.3 Å². The lowest BCUT2D eigenvalue weighted by atomic mass is 9.99. The number of rotatable bonds is 6. The highest BCUT2D eigenvalue weighted by Crippen LogP contribution is 2.24. The van der Waals surface area contributed by atoms with Crippen molar-refractivity contribution in [3.05, 3.63) is 76.6 Å². The van der Waals surface area contributed by atoms with Crippen LogP contribution in [0.15, 0.2) is 59.9 Å². The predicted molar refractivity (Wildman–Crippen MR) is 94.0 cm³/mol. The molecule has 0 aliphatic heterocycles. The molecule has 0 bridgehead atoms. The fourth-order valence-corrected chi connectivity index (χ4v) is 2.32. The van der Waals surface area contributed by atoms with Crippen LogP contribution in [-0.4, -0.2) is 10.8 Å². The largest absolute Gasteiger partial charge is 0.455 e. The van der Waals surface area contributed by atoms with Crippen LogP contribution in [0, 0.1) is 12.3 Å². The van der Waals surface area contributed by atoms with Gasteiger partial charge in [-0.1, -0.05) is 49.4 Å². The van der Waals surface area contributed by atoms with E-state index in [-0.39, 0.29) is 6.61 Å². The Kier molecular flexibility index (Phi) is 5.72. The summed E-state index contributed by atoms with van der Waals surface area (Å²) in [5, 5.41) is 18.1. The average Bonchev–Trinajstić information content (AvgIpc) is 2.59. The van der Waals surface area contributed by atoms with Crippen LogP contribution in [0.1, 0.15) is 37.0 Å². The van der Waals surface area contributed by atoms with E-state index in [1.165, 1.54) is 0 Å². The van der Waals surface area contributed by atoms with Crippen molar-refractivity contribution < 1.29 is 9.84 Å². The molecule has 2 N–H and O–H groups in total. The van der Waals surface area contributed by atoms with E-state index < -0.39 is 0 Å². The van der Waals surface area contributed by atoms with Gasteiger partial charge in [-0.3, -0.25) is 5.41 Å². The molecule has 3 heteroatoms. The van der Waals surface area contributed by atoms with Crippen LogP contribution in [0.4, 0.5) is 0 Å². The molecule has 0 aliphatic rings. The summed E-state index contributed by atoms with van der Waals surface area (Å²) in [5.74, 6) is 1.31. The molecular formula is C20H23NO2. The Hall–Kier alpha value is -2.39. The van der Waals surface area contributed by atoms with Gasteiger partial charge in [0.05, 0.1) is 6.61 Å². The van der Waals surface area contributed by atoms with Crippen LogP contribution in [0.3, 0.4) is 0 Å². The van der Waals surface area contributed by atoms with Crippen molar-refractivity contribution in [3.63, 3.8) is 0 Å². The fraction of sp³-hybridized carbons (Fsp3) is 0.250. The Morgan fingerprint density at radius 2 is 1.74 bits per heavy atom. The highest BCUT2D eigenvalue weighted by molar-refractivity contribution is 6.10. The van der Waals surface area contributed by atoms with E-state index in [1.807, 2.05) is 69.3 Å². The number of aliphatic hydroxyl groups excluding tert-OH is 1. The molecule has 0 amide bonds. The van der Waals surface area contributed by atoms with Crippen molar-refractivity contribution in [1.29, 1.82) is 5.41 Å². The van der Waals surface area contributed by atoms with Gasteiger partial charge in [-0.05, 0) is 43.0 Å². The summed E-state index contributed by atoms with van der Waals surface area (Å²) in [6.45, 7) is 5.91. The molecule has 0 heterocycles. The predicted octanol–water partition coefficient (Wildman–Crippen LogP) is 4.62. The van der Waals surface area contributed by atoms with Gasteiger partial charge in [0.15, 0.2) is 5.76 Å². The quantitative estimate of drug-likeness (QED) is 0.604. The van der Waals surface area contributed by atoms with E-state index in [9.17, 15) is 5.11 Å². The van der Waals surface area contributed by atoms with Crippen molar-refractivity contribution in [2.75, 3.05) is 0 Å². The number of hydrogen-bond donors (Lipinski definition) is 2. The van der Waals surface area contributed by atoms with E-state index in [0.29, 0.717) is 17.0 Å². The SMILES string of the molecule is CC/C(C)=C(/Oc1ccccc1C)C(=N)c1ccccc1CO. The van der Waals surface area contributed by atoms with Crippen LogP contribution < -0.4 is 4.74 Å². The van der Waals surface area contributed by atoms with Gasteiger partial charge in [-0.2, -0.15) is 0 Å². The van der Waals surface area contributed by atoms with Gasteiger partial charge in [0, 0.05) is 5.56 Å². The fourth-order valence-electron chi connectivity index (χ4n) is 2.32. The van der Waals surface area contributed by atoms with Crippen molar-refractivity contribution in [3.8, 4) is 5.75 Å². The van der Waals surface area contributed by atoms with Crippen LogP contribution in [0.25, 0.3) is 0 Å². The summed E-state index contributed by atoms with van der Waals surface area (Å²) in [6.07, 6.45) is 0.797. The van der Waals surface area contributed by atoms with Gasteiger partial charge in [0.1, 0.15) is 11.5 Å². The maximum absolute atomic E-state index is 9.53. The third-order valence-electron chi connectivity index (χ3n) is 3.91. The van der Waals surface area contributed by atoms with Crippen LogP contribution in [0.2, 0.25) is 0 Å². The standard InChI is InChI=1S/C20H23NO2/c1-4-14(2)20(23-18-12-8-5-9-15(18)3)19(21)17-11-7-6-10-16(17)13-22/h5-12,21-22H,4,13H2,1-3H3/b20-14+,21-19?. The van der Waals surface area contributed by atoms with Gasteiger partial charge < -0.3 is 9.84 Å². The summed E-state index contributed by atoms with van der Waals surface area (Å²) in [5.41, 5.74) is 3.76. The van der Waals surface area contributed by atoms with Crippen LogP contribution in [-0.2, 0) is 6.61 Å². The second-order valence-electron chi connectivity index (χ2n) is 5.52. The lowest BCUT2D eigenvalue weighted by molar-refractivity contribution is 0.281.